The van der Waals surface area contributed by atoms with Crippen molar-refractivity contribution in [3.05, 3.63) is 90.1 Å². The quantitative estimate of drug-likeness (QED) is 0.509. The predicted octanol–water partition coefficient (Wildman–Crippen LogP) is 3.12. The van der Waals surface area contributed by atoms with Gasteiger partial charge in [0.05, 0.1) is 42.7 Å². The first-order chi connectivity index (χ1) is 16.4. The molecular weight excluding hydrogens is 452 g/mol. The third kappa shape index (κ3) is 4.28. The number of thiazole rings is 1. The number of carbonyl (C=O) groups excluding carboxylic acids is 1. The Morgan fingerprint density at radius 2 is 1.85 bits per heavy atom. The molecule has 3 aromatic rings. The van der Waals surface area contributed by atoms with Gasteiger partial charge >= 0.3 is 5.97 Å². The van der Waals surface area contributed by atoms with Crippen molar-refractivity contribution in [2.45, 2.75) is 26.8 Å². The van der Waals surface area contributed by atoms with E-state index in [1.54, 1.807) is 32.6 Å². The number of allylic oxidation sites excluding steroid dienone is 1. The van der Waals surface area contributed by atoms with E-state index < -0.39 is 12.0 Å². The second kappa shape index (κ2) is 9.69. The fourth-order valence-electron chi connectivity index (χ4n) is 3.97. The van der Waals surface area contributed by atoms with E-state index in [9.17, 15) is 9.59 Å². The second-order valence-electron chi connectivity index (χ2n) is 7.80. The minimum atomic E-state index is -0.678. The van der Waals surface area contributed by atoms with Crippen LogP contribution in [0.1, 0.15) is 36.6 Å². The van der Waals surface area contributed by atoms with Crippen molar-refractivity contribution in [2.24, 2.45) is 4.99 Å². The van der Waals surface area contributed by atoms with Crippen LogP contribution in [-0.2, 0) is 9.53 Å². The maximum absolute atomic E-state index is 13.6. The van der Waals surface area contributed by atoms with Crippen LogP contribution in [0.3, 0.4) is 0 Å². The lowest BCUT2D eigenvalue weighted by Crippen LogP contribution is -2.40. The van der Waals surface area contributed by atoms with Crippen molar-refractivity contribution in [1.29, 1.82) is 0 Å². The van der Waals surface area contributed by atoms with Crippen molar-refractivity contribution in [3.8, 4) is 11.5 Å². The molecule has 0 spiro atoms. The molecule has 0 unspecified atom stereocenters. The Kier molecular flexibility index (Phi) is 6.70. The average Bonchev–Trinajstić information content (AvgIpc) is 3.13. The van der Waals surface area contributed by atoms with Crippen molar-refractivity contribution in [1.82, 2.24) is 4.57 Å². The number of nitrogens with zero attached hydrogens (tertiary/aromatic N) is 2. The minimum absolute atomic E-state index is 0.224. The Labute approximate surface area is 201 Å². The van der Waals surface area contributed by atoms with Gasteiger partial charge in [-0.3, -0.25) is 9.36 Å². The van der Waals surface area contributed by atoms with Gasteiger partial charge in [-0.1, -0.05) is 35.6 Å². The number of carbonyl (C=O) groups is 1. The number of rotatable bonds is 6. The number of benzene rings is 2. The van der Waals surface area contributed by atoms with E-state index in [2.05, 4.69) is 4.99 Å². The van der Waals surface area contributed by atoms with Crippen LogP contribution >= 0.6 is 11.3 Å². The Morgan fingerprint density at radius 3 is 2.50 bits per heavy atom. The average molecular weight is 479 g/mol. The van der Waals surface area contributed by atoms with Gasteiger partial charge in [-0.15, -0.1) is 0 Å². The topological polar surface area (TPSA) is 79.1 Å². The van der Waals surface area contributed by atoms with Gasteiger partial charge in [0.25, 0.3) is 5.56 Å². The van der Waals surface area contributed by atoms with Gasteiger partial charge in [-0.25, -0.2) is 9.79 Å². The first-order valence-corrected chi connectivity index (χ1v) is 11.7. The van der Waals surface area contributed by atoms with E-state index in [1.165, 1.54) is 11.3 Å². The molecule has 0 saturated heterocycles. The Bertz CT molecular complexity index is 1450. The van der Waals surface area contributed by atoms with Crippen LogP contribution < -0.4 is 24.4 Å². The van der Waals surface area contributed by atoms with E-state index in [1.807, 2.05) is 55.5 Å². The number of hydrogen-bond donors (Lipinski definition) is 0. The molecule has 1 aliphatic heterocycles. The molecule has 2 heterocycles. The molecule has 0 N–H and O–H groups in total. The maximum Gasteiger partial charge on any atom is 0.338 e. The summed E-state index contributed by atoms with van der Waals surface area (Å²) in [7, 11) is 3.20. The lowest BCUT2D eigenvalue weighted by Gasteiger charge is -2.25. The maximum atomic E-state index is 13.6. The van der Waals surface area contributed by atoms with Gasteiger partial charge in [0.15, 0.2) is 4.80 Å². The first kappa shape index (κ1) is 23.5. The summed E-state index contributed by atoms with van der Waals surface area (Å²) >= 11 is 1.29. The predicted molar refractivity (Wildman–Crippen MR) is 131 cm³/mol. The van der Waals surface area contributed by atoms with E-state index in [-0.39, 0.29) is 12.2 Å². The number of aromatic nitrogens is 1. The molecule has 176 valence electrons. The summed E-state index contributed by atoms with van der Waals surface area (Å²) in [6, 6.07) is 12.5. The fraction of sp³-hybridized carbons (Fsp3) is 0.269. The Morgan fingerprint density at radius 1 is 1.12 bits per heavy atom. The molecular formula is C26H26N2O5S. The largest absolute Gasteiger partial charge is 0.497 e. The lowest BCUT2D eigenvalue weighted by atomic mass is 9.95. The number of ether oxygens (including phenoxy) is 3. The van der Waals surface area contributed by atoms with Crippen molar-refractivity contribution < 1.29 is 19.0 Å². The summed E-state index contributed by atoms with van der Waals surface area (Å²) in [5.41, 5.74) is 3.21. The van der Waals surface area contributed by atoms with E-state index in [4.69, 9.17) is 14.2 Å². The van der Waals surface area contributed by atoms with Crippen molar-refractivity contribution in [3.63, 3.8) is 0 Å². The SMILES string of the molecule is CCOC(=O)C1=C(C)N=c2s/c(=C\c3ccc(OC)cc3)c(=O)n2[C@H]1c1ccc(C)c(OC)c1. The van der Waals surface area contributed by atoms with Crippen LogP contribution in [0.2, 0.25) is 0 Å². The molecule has 34 heavy (non-hydrogen) atoms. The number of hydrogen-bond acceptors (Lipinski definition) is 7. The van der Waals surface area contributed by atoms with Gasteiger partial charge < -0.3 is 14.2 Å². The molecule has 0 aliphatic carbocycles. The third-order valence-electron chi connectivity index (χ3n) is 5.68. The summed E-state index contributed by atoms with van der Waals surface area (Å²) in [5, 5.41) is 0. The number of fused-ring (bicyclic) bond motifs is 1. The summed E-state index contributed by atoms with van der Waals surface area (Å²) < 4.78 is 18.2. The highest BCUT2D eigenvalue weighted by atomic mass is 32.1. The van der Waals surface area contributed by atoms with Gasteiger partial charge in [0, 0.05) is 0 Å². The van der Waals surface area contributed by atoms with Gasteiger partial charge in [0.1, 0.15) is 11.5 Å². The van der Waals surface area contributed by atoms with Crippen LogP contribution in [0, 0.1) is 6.92 Å². The Hall–Kier alpha value is -3.65. The van der Waals surface area contributed by atoms with Crippen molar-refractivity contribution >= 4 is 23.4 Å². The zero-order valence-electron chi connectivity index (χ0n) is 19.7. The molecule has 8 heteroatoms. The molecule has 0 fully saturated rings. The Balaban J connectivity index is 1.94. The van der Waals surface area contributed by atoms with E-state index in [0.29, 0.717) is 26.4 Å². The monoisotopic (exact) mass is 478 g/mol. The molecule has 1 aromatic heterocycles. The van der Waals surface area contributed by atoms with Crippen LogP contribution in [0.4, 0.5) is 0 Å². The molecule has 2 aromatic carbocycles. The zero-order chi connectivity index (χ0) is 24.4. The molecule has 0 saturated carbocycles. The molecule has 1 aliphatic rings. The smallest absolute Gasteiger partial charge is 0.338 e. The summed E-state index contributed by atoms with van der Waals surface area (Å²) in [4.78, 5) is 31.8. The highest BCUT2D eigenvalue weighted by molar-refractivity contribution is 7.07. The van der Waals surface area contributed by atoms with Gasteiger partial charge in [-0.2, -0.15) is 0 Å². The third-order valence-corrected chi connectivity index (χ3v) is 6.66. The molecule has 0 amide bonds. The van der Waals surface area contributed by atoms with Crippen molar-refractivity contribution in [2.75, 3.05) is 20.8 Å². The van der Waals surface area contributed by atoms with E-state index in [0.717, 1.165) is 22.4 Å². The number of methoxy groups -OCH3 is 2. The van der Waals surface area contributed by atoms with Crippen LogP contribution in [0.5, 0.6) is 11.5 Å². The number of aryl methyl sites for hydroxylation is 1. The van der Waals surface area contributed by atoms with Crippen LogP contribution in [0.15, 0.2) is 63.5 Å². The molecule has 4 rings (SSSR count). The summed E-state index contributed by atoms with van der Waals surface area (Å²) in [5.74, 6) is 0.926. The minimum Gasteiger partial charge on any atom is -0.497 e. The normalized spacial score (nSPS) is 15.6. The molecule has 0 radical (unpaired) electrons. The van der Waals surface area contributed by atoms with Gasteiger partial charge in [-0.05, 0) is 61.7 Å². The van der Waals surface area contributed by atoms with E-state index >= 15 is 0 Å². The second-order valence-corrected chi connectivity index (χ2v) is 8.81. The molecule has 7 nitrogen and oxygen atoms in total. The summed E-state index contributed by atoms with van der Waals surface area (Å²) in [6.45, 7) is 5.69. The highest BCUT2D eigenvalue weighted by Crippen LogP contribution is 2.33. The summed E-state index contributed by atoms with van der Waals surface area (Å²) in [6.07, 6.45) is 1.82. The molecule has 0 bridgehead atoms. The standard InChI is InChI=1S/C26H26N2O5S/c1-6-33-25(30)22-16(3)27-26-28(23(22)18-10-7-15(2)20(14-18)32-5)24(29)21(34-26)13-17-8-11-19(31-4)12-9-17/h7-14,23H,6H2,1-5H3/b21-13-/t23-/m0/s1. The number of esters is 1. The first-order valence-electron chi connectivity index (χ1n) is 10.9. The van der Waals surface area contributed by atoms with Crippen LogP contribution in [-0.4, -0.2) is 31.4 Å². The fourth-order valence-corrected chi connectivity index (χ4v) is 5.01. The lowest BCUT2D eigenvalue weighted by molar-refractivity contribution is -0.139. The zero-order valence-corrected chi connectivity index (χ0v) is 20.6. The molecule has 1 atom stereocenters. The highest BCUT2D eigenvalue weighted by Gasteiger charge is 2.33. The van der Waals surface area contributed by atoms with Gasteiger partial charge in [0.2, 0.25) is 0 Å². The van der Waals surface area contributed by atoms with Crippen LogP contribution in [0.25, 0.3) is 6.08 Å².